The van der Waals surface area contributed by atoms with Crippen LogP contribution in [0.15, 0.2) is 54.6 Å². The fraction of sp³-hybridized carbons (Fsp3) is 0.250. The number of methoxy groups -OCH3 is 1. The van der Waals surface area contributed by atoms with Crippen LogP contribution in [0.5, 0.6) is 0 Å². The molecule has 24 heavy (non-hydrogen) atoms. The minimum absolute atomic E-state index is 0.0431. The SMILES string of the molecule is COC(=O)CC(O)c1cccc2c1cc(C)n2Cc1ccccc1. The van der Waals surface area contributed by atoms with Crippen LogP contribution < -0.4 is 0 Å². The fourth-order valence-electron chi connectivity index (χ4n) is 3.06. The highest BCUT2D eigenvalue weighted by Gasteiger charge is 2.18. The molecular formula is C20H21NO3. The highest BCUT2D eigenvalue weighted by atomic mass is 16.5. The lowest BCUT2D eigenvalue weighted by Crippen LogP contribution is -2.08. The van der Waals surface area contributed by atoms with Gasteiger partial charge in [0.15, 0.2) is 0 Å². The molecule has 1 aromatic heterocycles. The van der Waals surface area contributed by atoms with E-state index >= 15 is 0 Å². The van der Waals surface area contributed by atoms with Crippen molar-refractivity contribution in [3.05, 3.63) is 71.4 Å². The fourth-order valence-corrected chi connectivity index (χ4v) is 3.06. The number of fused-ring (bicyclic) bond motifs is 1. The van der Waals surface area contributed by atoms with Crippen LogP contribution in [0.3, 0.4) is 0 Å². The van der Waals surface area contributed by atoms with E-state index in [1.165, 1.54) is 12.7 Å². The summed E-state index contributed by atoms with van der Waals surface area (Å²) in [5, 5.41) is 11.4. The number of hydrogen-bond acceptors (Lipinski definition) is 3. The Hall–Kier alpha value is -2.59. The minimum atomic E-state index is -0.867. The number of carbonyl (C=O) groups is 1. The molecule has 1 N–H and O–H groups in total. The smallest absolute Gasteiger partial charge is 0.308 e. The van der Waals surface area contributed by atoms with Gasteiger partial charge in [-0.1, -0.05) is 42.5 Å². The number of aryl methyl sites for hydroxylation is 1. The average Bonchev–Trinajstić information content (AvgIpc) is 2.91. The molecule has 0 radical (unpaired) electrons. The van der Waals surface area contributed by atoms with Gasteiger partial charge in [0, 0.05) is 23.1 Å². The normalized spacial score (nSPS) is 12.3. The van der Waals surface area contributed by atoms with Crippen LogP contribution in [0.1, 0.15) is 29.3 Å². The van der Waals surface area contributed by atoms with E-state index in [1.54, 1.807) is 0 Å². The molecule has 0 spiro atoms. The lowest BCUT2D eigenvalue weighted by molar-refractivity contribution is -0.142. The molecule has 0 bridgehead atoms. The maximum Gasteiger partial charge on any atom is 0.308 e. The van der Waals surface area contributed by atoms with Crippen molar-refractivity contribution >= 4 is 16.9 Å². The Labute approximate surface area is 141 Å². The predicted molar refractivity (Wildman–Crippen MR) is 93.8 cm³/mol. The summed E-state index contributed by atoms with van der Waals surface area (Å²) in [7, 11) is 1.33. The molecule has 0 fully saturated rings. The van der Waals surface area contributed by atoms with Gasteiger partial charge < -0.3 is 14.4 Å². The molecule has 0 aliphatic heterocycles. The van der Waals surface area contributed by atoms with Crippen molar-refractivity contribution in [2.45, 2.75) is 26.0 Å². The molecule has 2 aromatic carbocycles. The number of nitrogens with zero attached hydrogens (tertiary/aromatic N) is 1. The molecule has 1 atom stereocenters. The number of aliphatic hydroxyl groups excluding tert-OH is 1. The standard InChI is InChI=1S/C20H21NO3/c1-14-11-17-16(19(22)12-20(23)24-2)9-6-10-18(17)21(14)13-15-7-4-3-5-8-15/h3-11,19,22H,12-13H2,1-2H3. The van der Waals surface area contributed by atoms with Crippen molar-refractivity contribution in [2.24, 2.45) is 0 Å². The van der Waals surface area contributed by atoms with Gasteiger partial charge in [0.25, 0.3) is 0 Å². The van der Waals surface area contributed by atoms with Gasteiger partial charge in [0.2, 0.25) is 0 Å². The molecule has 0 saturated carbocycles. The second-order valence-corrected chi connectivity index (χ2v) is 5.93. The first-order chi connectivity index (χ1) is 11.6. The van der Waals surface area contributed by atoms with E-state index in [-0.39, 0.29) is 6.42 Å². The Balaban J connectivity index is 2.00. The number of esters is 1. The molecule has 3 aromatic rings. The number of aliphatic hydroxyl groups is 1. The zero-order valence-corrected chi connectivity index (χ0v) is 13.9. The Morgan fingerprint density at radius 2 is 1.92 bits per heavy atom. The maximum absolute atomic E-state index is 11.5. The number of ether oxygens (including phenoxy) is 1. The quantitative estimate of drug-likeness (QED) is 0.730. The molecule has 4 heteroatoms. The van der Waals surface area contributed by atoms with E-state index in [0.29, 0.717) is 0 Å². The molecule has 0 aliphatic carbocycles. The highest BCUT2D eigenvalue weighted by Crippen LogP contribution is 2.29. The van der Waals surface area contributed by atoms with Gasteiger partial charge in [-0.05, 0) is 30.2 Å². The summed E-state index contributed by atoms with van der Waals surface area (Å²) < 4.78 is 6.88. The van der Waals surface area contributed by atoms with Crippen LogP contribution in [-0.2, 0) is 16.1 Å². The van der Waals surface area contributed by atoms with Gasteiger partial charge in [-0.3, -0.25) is 4.79 Å². The van der Waals surface area contributed by atoms with E-state index in [0.717, 1.165) is 28.7 Å². The monoisotopic (exact) mass is 323 g/mol. The average molecular weight is 323 g/mol. The summed E-state index contributed by atoms with van der Waals surface area (Å²) >= 11 is 0. The lowest BCUT2D eigenvalue weighted by atomic mass is 10.0. The third-order valence-corrected chi connectivity index (χ3v) is 4.32. The molecule has 0 saturated heterocycles. The number of benzene rings is 2. The molecule has 0 aliphatic rings. The van der Waals surface area contributed by atoms with E-state index in [4.69, 9.17) is 0 Å². The zero-order valence-electron chi connectivity index (χ0n) is 13.9. The minimum Gasteiger partial charge on any atom is -0.469 e. The maximum atomic E-state index is 11.5. The molecule has 1 unspecified atom stereocenters. The molecule has 124 valence electrons. The highest BCUT2D eigenvalue weighted by molar-refractivity contribution is 5.86. The van der Waals surface area contributed by atoms with Crippen LogP contribution in [0.25, 0.3) is 10.9 Å². The topological polar surface area (TPSA) is 51.5 Å². The van der Waals surface area contributed by atoms with Gasteiger partial charge in [-0.2, -0.15) is 0 Å². The van der Waals surface area contributed by atoms with E-state index in [2.05, 4.69) is 34.4 Å². The van der Waals surface area contributed by atoms with Gasteiger partial charge in [0.1, 0.15) is 0 Å². The van der Waals surface area contributed by atoms with Crippen LogP contribution in [0, 0.1) is 6.92 Å². The first-order valence-corrected chi connectivity index (χ1v) is 7.97. The summed E-state index contributed by atoms with van der Waals surface area (Å²) in [4.78, 5) is 11.5. The summed E-state index contributed by atoms with van der Waals surface area (Å²) in [6.45, 7) is 2.83. The van der Waals surface area contributed by atoms with Crippen molar-refractivity contribution in [2.75, 3.05) is 7.11 Å². The van der Waals surface area contributed by atoms with Crippen molar-refractivity contribution in [1.82, 2.24) is 4.57 Å². The van der Waals surface area contributed by atoms with Crippen LogP contribution >= 0.6 is 0 Å². The molecule has 3 rings (SSSR count). The van der Waals surface area contributed by atoms with Crippen molar-refractivity contribution in [3.63, 3.8) is 0 Å². The van der Waals surface area contributed by atoms with Crippen molar-refractivity contribution in [1.29, 1.82) is 0 Å². The van der Waals surface area contributed by atoms with Crippen LogP contribution in [0.2, 0.25) is 0 Å². The third kappa shape index (κ3) is 3.19. The van der Waals surface area contributed by atoms with Crippen LogP contribution in [0.4, 0.5) is 0 Å². The third-order valence-electron chi connectivity index (χ3n) is 4.32. The molecule has 0 amide bonds. The second-order valence-electron chi connectivity index (χ2n) is 5.93. The van der Waals surface area contributed by atoms with Crippen molar-refractivity contribution in [3.8, 4) is 0 Å². The summed E-state index contributed by atoms with van der Waals surface area (Å²) in [5.74, 6) is -0.417. The molecule has 1 heterocycles. The molecule has 4 nitrogen and oxygen atoms in total. The number of hydrogen-bond donors (Lipinski definition) is 1. The first kappa shape index (κ1) is 16.3. The lowest BCUT2D eigenvalue weighted by Gasteiger charge is -2.12. The van der Waals surface area contributed by atoms with E-state index in [9.17, 15) is 9.90 Å². The number of rotatable bonds is 5. The van der Waals surface area contributed by atoms with Crippen LogP contribution in [-0.4, -0.2) is 22.8 Å². The number of aromatic nitrogens is 1. The van der Waals surface area contributed by atoms with Crippen molar-refractivity contribution < 1.29 is 14.6 Å². The Morgan fingerprint density at radius 1 is 1.17 bits per heavy atom. The largest absolute Gasteiger partial charge is 0.469 e. The number of carbonyl (C=O) groups excluding carboxylic acids is 1. The Bertz CT molecular complexity index is 852. The zero-order chi connectivity index (χ0) is 17.1. The second kappa shape index (κ2) is 6.89. The molecular weight excluding hydrogens is 302 g/mol. The summed E-state index contributed by atoms with van der Waals surface area (Å²) in [5.41, 5.74) is 4.15. The summed E-state index contributed by atoms with van der Waals surface area (Å²) in [6.07, 6.45) is -0.911. The van der Waals surface area contributed by atoms with Gasteiger partial charge >= 0.3 is 5.97 Å². The van der Waals surface area contributed by atoms with E-state index in [1.807, 2.05) is 36.4 Å². The summed E-state index contributed by atoms with van der Waals surface area (Å²) in [6, 6.07) is 18.1. The Kier molecular flexibility index (Phi) is 4.67. The predicted octanol–water partition coefficient (Wildman–Crippen LogP) is 3.59. The van der Waals surface area contributed by atoms with Gasteiger partial charge in [0.05, 0.1) is 19.6 Å². The first-order valence-electron chi connectivity index (χ1n) is 7.97. The van der Waals surface area contributed by atoms with E-state index < -0.39 is 12.1 Å². The van der Waals surface area contributed by atoms with Gasteiger partial charge in [-0.25, -0.2) is 0 Å². The van der Waals surface area contributed by atoms with Gasteiger partial charge in [-0.15, -0.1) is 0 Å². The Morgan fingerprint density at radius 3 is 2.62 bits per heavy atom.